The van der Waals surface area contributed by atoms with Gasteiger partial charge < -0.3 is 5.32 Å². The molecule has 0 aliphatic carbocycles. The molecule has 4 nitrogen and oxygen atoms in total. The molecule has 1 heterocycles. The molecule has 0 aliphatic rings. The number of rotatable bonds is 4. The first-order valence-electron chi connectivity index (χ1n) is 5.78. The van der Waals surface area contributed by atoms with Gasteiger partial charge in [0.25, 0.3) is 5.91 Å². The lowest BCUT2D eigenvalue weighted by Gasteiger charge is -2.04. The highest BCUT2D eigenvalue weighted by Gasteiger charge is 2.13. The van der Waals surface area contributed by atoms with Crippen molar-refractivity contribution in [3.8, 4) is 0 Å². The second kappa shape index (κ2) is 5.84. The summed E-state index contributed by atoms with van der Waals surface area (Å²) in [6.45, 7) is 0.410. The maximum absolute atomic E-state index is 13.0. The molecular weight excluding hydrogens is 269 g/mol. The van der Waals surface area contributed by atoms with Gasteiger partial charge in [-0.3, -0.25) is 9.48 Å². The van der Waals surface area contributed by atoms with Gasteiger partial charge in [0.2, 0.25) is 0 Å². The van der Waals surface area contributed by atoms with Crippen LogP contribution in [0, 0.1) is 5.82 Å². The Morgan fingerprint density at radius 2 is 2.32 bits per heavy atom. The van der Waals surface area contributed by atoms with E-state index in [9.17, 15) is 9.18 Å². The van der Waals surface area contributed by atoms with E-state index in [2.05, 4.69) is 10.4 Å². The molecule has 0 atom stereocenters. The average molecular weight is 282 g/mol. The largest absolute Gasteiger partial charge is 0.352 e. The number of aromatic nitrogens is 2. The van der Waals surface area contributed by atoms with E-state index in [1.54, 1.807) is 13.1 Å². The Morgan fingerprint density at radius 1 is 1.53 bits per heavy atom. The van der Waals surface area contributed by atoms with E-state index in [0.29, 0.717) is 23.7 Å². The molecule has 0 bridgehead atoms. The van der Waals surface area contributed by atoms with E-state index in [0.717, 1.165) is 5.56 Å². The fourth-order valence-corrected chi connectivity index (χ4v) is 1.86. The molecule has 6 heteroatoms. The number of nitrogens with one attached hydrogen (secondary N) is 1. The van der Waals surface area contributed by atoms with Crippen LogP contribution in [0.25, 0.3) is 0 Å². The van der Waals surface area contributed by atoms with Gasteiger partial charge in [-0.25, -0.2) is 4.39 Å². The Bertz CT molecular complexity index is 597. The molecule has 100 valence electrons. The standard InChI is InChI=1S/C13H13ClFN3O/c1-18-12(14)11(8-17-18)13(19)16-6-5-9-3-2-4-10(15)7-9/h2-4,7-8H,5-6H2,1H3,(H,16,19). The number of carbonyl (C=O) groups excluding carboxylic acids is 1. The zero-order chi connectivity index (χ0) is 13.8. The Balaban J connectivity index is 1.89. The van der Waals surface area contributed by atoms with E-state index in [1.165, 1.54) is 23.0 Å². The predicted molar refractivity (Wildman–Crippen MR) is 70.7 cm³/mol. The molecule has 2 aromatic rings. The first-order valence-corrected chi connectivity index (χ1v) is 6.16. The van der Waals surface area contributed by atoms with Crippen molar-refractivity contribution in [3.05, 3.63) is 52.6 Å². The van der Waals surface area contributed by atoms with E-state index in [-0.39, 0.29) is 11.7 Å². The second-order valence-corrected chi connectivity index (χ2v) is 4.47. The highest BCUT2D eigenvalue weighted by Crippen LogP contribution is 2.13. The molecule has 0 spiro atoms. The minimum absolute atomic E-state index is 0.279. The van der Waals surface area contributed by atoms with Crippen LogP contribution in [0.5, 0.6) is 0 Å². The molecule has 19 heavy (non-hydrogen) atoms. The maximum atomic E-state index is 13.0. The predicted octanol–water partition coefficient (Wildman–Crippen LogP) is 2.19. The summed E-state index contributed by atoms with van der Waals surface area (Å²) in [6, 6.07) is 6.29. The lowest BCUT2D eigenvalue weighted by atomic mass is 10.1. The summed E-state index contributed by atoms with van der Waals surface area (Å²) in [6.07, 6.45) is 1.97. The number of amides is 1. The van der Waals surface area contributed by atoms with E-state index in [4.69, 9.17) is 11.6 Å². The van der Waals surface area contributed by atoms with Crippen LogP contribution in [-0.2, 0) is 13.5 Å². The van der Waals surface area contributed by atoms with E-state index >= 15 is 0 Å². The van der Waals surface area contributed by atoms with Crippen LogP contribution in [0.15, 0.2) is 30.5 Å². The van der Waals surface area contributed by atoms with Gasteiger partial charge in [-0.05, 0) is 24.1 Å². The lowest BCUT2D eigenvalue weighted by molar-refractivity contribution is 0.0954. The summed E-state index contributed by atoms with van der Waals surface area (Å²) in [5.41, 5.74) is 1.17. The first kappa shape index (κ1) is 13.5. The van der Waals surface area contributed by atoms with E-state index < -0.39 is 0 Å². The van der Waals surface area contributed by atoms with Gasteiger partial charge in [-0.15, -0.1) is 0 Å². The van der Waals surface area contributed by atoms with Gasteiger partial charge >= 0.3 is 0 Å². The van der Waals surface area contributed by atoms with Gasteiger partial charge in [-0.2, -0.15) is 5.10 Å². The van der Waals surface area contributed by atoms with Crippen molar-refractivity contribution in [2.45, 2.75) is 6.42 Å². The Morgan fingerprint density at radius 3 is 2.95 bits per heavy atom. The Hall–Kier alpha value is -1.88. The molecule has 0 saturated heterocycles. The van der Waals surface area contributed by atoms with Gasteiger partial charge in [0, 0.05) is 13.6 Å². The van der Waals surface area contributed by atoms with Crippen molar-refractivity contribution in [3.63, 3.8) is 0 Å². The van der Waals surface area contributed by atoms with Crippen LogP contribution < -0.4 is 5.32 Å². The lowest BCUT2D eigenvalue weighted by Crippen LogP contribution is -2.25. The molecule has 1 N–H and O–H groups in total. The van der Waals surface area contributed by atoms with Crippen LogP contribution in [0.3, 0.4) is 0 Å². The summed E-state index contributed by atoms with van der Waals surface area (Å²) in [7, 11) is 1.66. The zero-order valence-corrected chi connectivity index (χ0v) is 11.1. The molecule has 0 saturated carbocycles. The smallest absolute Gasteiger partial charge is 0.256 e. The molecule has 0 unspecified atom stereocenters. The van der Waals surface area contributed by atoms with Crippen LogP contribution in [0.2, 0.25) is 5.15 Å². The number of hydrogen-bond acceptors (Lipinski definition) is 2. The Labute approximate surface area is 115 Å². The van der Waals surface area contributed by atoms with Crippen LogP contribution in [-0.4, -0.2) is 22.2 Å². The highest BCUT2D eigenvalue weighted by molar-refractivity contribution is 6.32. The first-order chi connectivity index (χ1) is 9.08. The third-order valence-corrected chi connectivity index (χ3v) is 3.15. The highest BCUT2D eigenvalue weighted by atomic mass is 35.5. The molecule has 0 aliphatic heterocycles. The summed E-state index contributed by atoms with van der Waals surface area (Å²) in [5.74, 6) is -0.561. The summed E-state index contributed by atoms with van der Waals surface area (Å²) >= 11 is 5.91. The van der Waals surface area contributed by atoms with Crippen molar-refractivity contribution < 1.29 is 9.18 Å². The average Bonchev–Trinajstić information content (AvgIpc) is 2.70. The minimum atomic E-state index is -0.283. The van der Waals surface area contributed by atoms with Crippen molar-refractivity contribution in [2.24, 2.45) is 7.05 Å². The van der Waals surface area contributed by atoms with Crippen molar-refractivity contribution in [1.82, 2.24) is 15.1 Å². The monoisotopic (exact) mass is 281 g/mol. The normalized spacial score (nSPS) is 10.5. The molecule has 1 aromatic carbocycles. The molecular formula is C13H13ClFN3O. The number of benzene rings is 1. The SMILES string of the molecule is Cn1ncc(C(=O)NCCc2cccc(F)c2)c1Cl. The zero-order valence-electron chi connectivity index (χ0n) is 10.4. The van der Waals surface area contributed by atoms with Crippen molar-refractivity contribution in [1.29, 1.82) is 0 Å². The summed E-state index contributed by atoms with van der Waals surface area (Å²) in [5, 5.41) is 6.91. The fraction of sp³-hybridized carbons (Fsp3) is 0.231. The molecule has 0 radical (unpaired) electrons. The number of carbonyl (C=O) groups is 1. The van der Waals surface area contributed by atoms with Gasteiger partial charge in [0.05, 0.1) is 11.8 Å². The number of aryl methyl sites for hydroxylation is 1. The Kier molecular flexibility index (Phi) is 4.16. The molecule has 2 rings (SSSR count). The topological polar surface area (TPSA) is 46.9 Å². The fourth-order valence-electron chi connectivity index (χ4n) is 1.68. The van der Waals surface area contributed by atoms with Crippen LogP contribution in [0.4, 0.5) is 4.39 Å². The third-order valence-electron chi connectivity index (χ3n) is 2.70. The third kappa shape index (κ3) is 3.32. The van der Waals surface area contributed by atoms with Crippen LogP contribution in [0.1, 0.15) is 15.9 Å². The van der Waals surface area contributed by atoms with Crippen molar-refractivity contribution >= 4 is 17.5 Å². The van der Waals surface area contributed by atoms with Crippen molar-refractivity contribution in [2.75, 3.05) is 6.54 Å². The summed E-state index contributed by atoms with van der Waals surface area (Å²) in [4.78, 5) is 11.8. The van der Waals surface area contributed by atoms with Gasteiger partial charge in [0.15, 0.2) is 0 Å². The molecule has 1 amide bonds. The van der Waals surface area contributed by atoms with Gasteiger partial charge in [-0.1, -0.05) is 23.7 Å². The van der Waals surface area contributed by atoms with Crippen LogP contribution >= 0.6 is 11.6 Å². The minimum Gasteiger partial charge on any atom is -0.352 e. The van der Waals surface area contributed by atoms with E-state index in [1.807, 2.05) is 6.07 Å². The quantitative estimate of drug-likeness (QED) is 0.934. The molecule has 1 aromatic heterocycles. The number of hydrogen-bond donors (Lipinski definition) is 1. The van der Waals surface area contributed by atoms with Gasteiger partial charge in [0.1, 0.15) is 11.0 Å². The summed E-state index contributed by atoms with van der Waals surface area (Å²) < 4.78 is 14.4. The maximum Gasteiger partial charge on any atom is 0.256 e. The number of nitrogens with zero attached hydrogens (tertiary/aromatic N) is 2. The molecule has 0 fully saturated rings. The second-order valence-electron chi connectivity index (χ2n) is 4.11. The number of halogens is 2.